The van der Waals surface area contributed by atoms with Crippen molar-refractivity contribution in [1.29, 1.82) is 0 Å². The number of sulfonamides is 1. The molecule has 6 nitrogen and oxygen atoms in total. The molecule has 1 aromatic heterocycles. The fourth-order valence-corrected chi connectivity index (χ4v) is 5.49. The third-order valence-electron chi connectivity index (χ3n) is 4.18. The number of hydrogen-bond acceptors (Lipinski definition) is 5. The Morgan fingerprint density at radius 1 is 1.38 bits per heavy atom. The summed E-state index contributed by atoms with van der Waals surface area (Å²) >= 11 is 0.926. The molecule has 1 aromatic rings. The van der Waals surface area contributed by atoms with E-state index >= 15 is 0 Å². The first-order chi connectivity index (χ1) is 9.93. The van der Waals surface area contributed by atoms with E-state index in [0.717, 1.165) is 24.2 Å². The number of nitrogens with one attached hydrogen (secondary N) is 1. The van der Waals surface area contributed by atoms with Crippen molar-refractivity contribution in [2.75, 3.05) is 13.2 Å². The van der Waals surface area contributed by atoms with Gasteiger partial charge in [0.1, 0.15) is 4.88 Å². The Morgan fingerprint density at radius 3 is 2.57 bits per heavy atom. The second-order valence-electron chi connectivity index (χ2n) is 5.60. The first kappa shape index (κ1) is 15.0. The molecule has 2 fully saturated rings. The molecule has 3 rings (SSSR count). The lowest BCUT2D eigenvalue weighted by Crippen LogP contribution is -2.53. The van der Waals surface area contributed by atoms with Crippen molar-refractivity contribution >= 4 is 27.3 Å². The fourth-order valence-electron chi connectivity index (χ4n) is 2.86. The molecule has 0 radical (unpaired) electrons. The first-order valence-corrected chi connectivity index (χ1v) is 9.23. The van der Waals surface area contributed by atoms with Crippen molar-refractivity contribution in [1.82, 2.24) is 4.72 Å². The van der Waals surface area contributed by atoms with E-state index < -0.39 is 21.5 Å². The van der Waals surface area contributed by atoms with Gasteiger partial charge in [0.2, 0.25) is 10.0 Å². The van der Waals surface area contributed by atoms with Crippen molar-refractivity contribution in [2.24, 2.45) is 5.92 Å². The topological polar surface area (TPSA) is 92.7 Å². The molecule has 1 aliphatic heterocycles. The van der Waals surface area contributed by atoms with Crippen LogP contribution in [0.25, 0.3) is 0 Å². The summed E-state index contributed by atoms with van der Waals surface area (Å²) in [5, 5.41) is 10.3. The SMILES string of the molecule is O=C(O)c1cc(S(=O)(=O)NC2(C3CC3)CCOCC2)cs1. The highest BCUT2D eigenvalue weighted by molar-refractivity contribution is 7.89. The molecule has 2 N–H and O–H groups in total. The predicted octanol–water partition coefficient (Wildman–Crippen LogP) is 1.68. The summed E-state index contributed by atoms with van der Waals surface area (Å²) < 4.78 is 33.3. The van der Waals surface area contributed by atoms with Gasteiger partial charge in [-0.1, -0.05) is 0 Å². The highest BCUT2D eigenvalue weighted by Gasteiger charge is 2.48. The van der Waals surface area contributed by atoms with E-state index in [1.54, 1.807) is 0 Å². The van der Waals surface area contributed by atoms with Crippen LogP contribution in [-0.2, 0) is 14.8 Å². The smallest absolute Gasteiger partial charge is 0.345 e. The number of aromatic carboxylic acids is 1. The van der Waals surface area contributed by atoms with Crippen LogP contribution in [0.2, 0.25) is 0 Å². The van der Waals surface area contributed by atoms with Crippen LogP contribution >= 0.6 is 11.3 Å². The van der Waals surface area contributed by atoms with Crippen molar-refractivity contribution in [3.8, 4) is 0 Å². The zero-order valence-corrected chi connectivity index (χ0v) is 13.0. The zero-order valence-electron chi connectivity index (χ0n) is 11.4. The van der Waals surface area contributed by atoms with Gasteiger partial charge in [0.15, 0.2) is 0 Å². The highest BCUT2D eigenvalue weighted by atomic mass is 32.2. The van der Waals surface area contributed by atoms with E-state index in [1.807, 2.05) is 0 Å². The van der Waals surface area contributed by atoms with Gasteiger partial charge in [-0.15, -0.1) is 11.3 Å². The average molecular weight is 331 g/mol. The largest absolute Gasteiger partial charge is 0.477 e. The van der Waals surface area contributed by atoms with Crippen molar-refractivity contribution in [3.05, 3.63) is 16.3 Å². The normalized spacial score (nSPS) is 22.1. The number of ether oxygens (including phenoxy) is 1. The number of hydrogen-bond donors (Lipinski definition) is 2. The van der Waals surface area contributed by atoms with Crippen LogP contribution < -0.4 is 4.72 Å². The minimum atomic E-state index is -3.69. The molecule has 0 atom stereocenters. The summed E-state index contributed by atoms with van der Waals surface area (Å²) in [5.74, 6) is -0.738. The highest BCUT2D eigenvalue weighted by Crippen LogP contribution is 2.45. The Bertz CT molecular complexity index is 641. The van der Waals surface area contributed by atoms with Gasteiger partial charge in [0.25, 0.3) is 0 Å². The van der Waals surface area contributed by atoms with Crippen LogP contribution in [0, 0.1) is 5.92 Å². The lowest BCUT2D eigenvalue weighted by Gasteiger charge is -2.37. The lowest BCUT2D eigenvalue weighted by molar-refractivity contribution is 0.0386. The number of carbonyl (C=O) groups is 1. The molecular formula is C13H17NO5S2. The van der Waals surface area contributed by atoms with Gasteiger partial charge in [-0.05, 0) is 37.7 Å². The molecule has 1 saturated carbocycles. The van der Waals surface area contributed by atoms with Crippen LogP contribution in [0.4, 0.5) is 0 Å². The minimum Gasteiger partial charge on any atom is -0.477 e. The molecule has 0 amide bonds. The van der Waals surface area contributed by atoms with Gasteiger partial charge in [-0.2, -0.15) is 0 Å². The Labute approximate surface area is 127 Å². The molecule has 0 spiro atoms. The Morgan fingerprint density at radius 2 is 2.05 bits per heavy atom. The van der Waals surface area contributed by atoms with Crippen molar-refractivity contribution in [2.45, 2.75) is 36.1 Å². The Hall–Kier alpha value is -0.960. The number of rotatable bonds is 5. The maximum atomic E-state index is 12.5. The van der Waals surface area contributed by atoms with Gasteiger partial charge in [-0.3, -0.25) is 0 Å². The summed E-state index contributed by atoms with van der Waals surface area (Å²) in [6.07, 6.45) is 3.42. The summed E-state index contributed by atoms with van der Waals surface area (Å²) in [6, 6.07) is 1.22. The summed E-state index contributed by atoms with van der Waals surface area (Å²) in [5.41, 5.74) is -0.428. The van der Waals surface area contributed by atoms with Gasteiger partial charge in [0.05, 0.1) is 4.90 Å². The zero-order chi connectivity index (χ0) is 15.1. The number of carboxylic acids is 1. The van der Waals surface area contributed by atoms with Crippen molar-refractivity contribution < 1.29 is 23.1 Å². The number of thiophene rings is 1. The maximum Gasteiger partial charge on any atom is 0.345 e. The van der Waals surface area contributed by atoms with Crippen molar-refractivity contribution in [3.63, 3.8) is 0 Å². The molecular weight excluding hydrogens is 314 g/mol. The molecule has 2 heterocycles. The second kappa shape index (κ2) is 5.35. The molecule has 0 unspecified atom stereocenters. The Kier molecular flexibility index (Phi) is 3.81. The van der Waals surface area contributed by atoms with E-state index in [0.29, 0.717) is 32.0 Å². The third kappa shape index (κ3) is 2.98. The first-order valence-electron chi connectivity index (χ1n) is 6.86. The summed E-state index contributed by atoms with van der Waals surface area (Å²) in [7, 11) is -3.69. The van der Waals surface area contributed by atoms with Crippen LogP contribution in [0.1, 0.15) is 35.4 Å². The van der Waals surface area contributed by atoms with E-state index in [2.05, 4.69) is 4.72 Å². The van der Waals surface area contributed by atoms with Crippen LogP contribution in [0.3, 0.4) is 0 Å². The molecule has 8 heteroatoms. The van der Waals surface area contributed by atoms with Crippen LogP contribution in [-0.4, -0.2) is 38.2 Å². The molecule has 21 heavy (non-hydrogen) atoms. The van der Waals surface area contributed by atoms with Gasteiger partial charge >= 0.3 is 5.97 Å². The predicted molar refractivity (Wildman–Crippen MR) is 77.1 cm³/mol. The quantitative estimate of drug-likeness (QED) is 0.856. The van der Waals surface area contributed by atoms with Gasteiger partial charge < -0.3 is 9.84 Å². The van der Waals surface area contributed by atoms with E-state index in [-0.39, 0.29) is 9.77 Å². The van der Waals surface area contributed by atoms with Gasteiger partial charge in [0, 0.05) is 24.1 Å². The van der Waals surface area contributed by atoms with E-state index in [1.165, 1.54) is 11.4 Å². The number of carboxylic acid groups (broad SMARTS) is 1. The fraction of sp³-hybridized carbons (Fsp3) is 0.615. The summed E-state index contributed by atoms with van der Waals surface area (Å²) in [4.78, 5) is 11.0. The van der Waals surface area contributed by atoms with Crippen LogP contribution in [0.15, 0.2) is 16.3 Å². The molecule has 0 aromatic carbocycles. The monoisotopic (exact) mass is 331 g/mol. The molecule has 0 bridgehead atoms. The molecule has 1 aliphatic carbocycles. The summed E-state index contributed by atoms with van der Waals surface area (Å²) in [6.45, 7) is 1.12. The van der Waals surface area contributed by atoms with Gasteiger partial charge in [-0.25, -0.2) is 17.9 Å². The second-order valence-corrected chi connectivity index (χ2v) is 8.19. The third-order valence-corrected chi connectivity index (χ3v) is 6.78. The molecule has 1 saturated heterocycles. The van der Waals surface area contributed by atoms with Crippen LogP contribution in [0.5, 0.6) is 0 Å². The molecule has 2 aliphatic rings. The van der Waals surface area contributed by atoms with E-state index in [9.17, 15) is 13.2 Å². The maximum absolute atomic E-state index is 12.5. The lowest BCUT2D eigenvalue weighted by atomic mass is 9.86. The minimum absolute atomic E-state index is 0.0304. The Balaban J connectivity index is 1.85. The standard InChI is InChI=1S/C13H17NO5S2/c15-12(16)11-7-10(8-20-11)21(17,18)14-13(9-1-2-9)3-5-19-6-4-13/h7-9,14H,1-6H2,(H,15,16). The average Bonchev–Trinajstić information content (AvgIpc) is 3.16. The van der Waals surface area contributed by atoms with E-state index in [4.69, 9.17) is 9.84 Å². The molecule has 116 valence electrons.